The molecule has 1 heterocycles. The molecule has 0 aliphatic heterocycles. The van der Waals surface area contributed by atoms with Crippen LogP contribution < -0.4 is 11.5 Å². The van der Waals surface area contributed by atoms with E-state index >= 15 is 0 Å². The van der Waals surface area contributed by atoms with Crippen molar-refractivity contribution in [3.05, 3.63) is 36.0 Å². The summed E-state index contributed by atoms with van der Waals surface area (Å²) in [6, 6.07) is 9.67. The quantitative estimate of drug-likeness (QED) is 0.540. The van der Waals surface area contributed by atoms with E-state index in [2.05, 4.69) is 9.98 Å². The SMILES string of the molecule is Cc1ccc2ccc(N=C(N)N)cc2n1. The zero-order valence-corrected chi connectivity index (χ0v) is 8.44. The summed E-state index contributed by atoms with van der Waals surface area (Å²) in [7, 11) is 0. The van der Waals surface area contributed by atoms with Crippen molar-refractivity contribution in [2.75, 3.05) is 0 Å². The Labute approximate surface area is 87.6 Å². The summed E-state index contributed by atoms with van der Waals surface area (Å²) in [5, 5.41) is 1.08. The maximum atomic E-state index is 5.31. The van der Waals surface area contributed by atoms with Gasteiger partial charge in [0, 0.05) is 11.1 Å². The second-order valence-corrected chi connectivity index (χ2v) is 3.37. The molecule has 0 saturated carbocycles. The van der Waals surface area contributed by atoms with E-state index in [1.807, 2.05) is 37.3 Å². The van der Waals surface area contributed by atoms with Gasteiger partial charge in [0.15, 0.2) is 5.96 Å². The highest BCUT2D eigenvalue weighted by atomic mass is 15.0. The number of nitrogens with two attached hydrogens (primary N) is 2. The minimum absolute atomic E-state index is 0.0574. The number of pyridine rings is 1. The van der Waals surface area contributed by atoms with Gasteiger partial charge in [-0.25, -0.2) is 4.99 Å². The number of benzene rings is 1. The molecule has 0 bridgehead atoms. The largest absolute Gasteiger partial charge is 0.370 e. The average molecular weight is 200 g/mol. The van der Waals surface area contributed by atoms with Crippen LogP contribution in [0.2, 0.25) is 0 Å². The van der Waals surface area contributed by atoms with Gasteiger partial charge in [-0.3, -0.25) is 4.98 Å². The van der Waals surface area contributed by atoms with Gasteiger partial charge in [-0.2, -0.15) is 0 Å². The van der Waals surface area contributed by atoms with Gasteiger partial charge in [0.05, 0.1) is 11.2 Å². The van der Waals surface area contributed by atoms with E-state index in [9.17, 15) is 0 Å². The van der Waals surface area contributed by atoms with Gasteiger partial charge in [0.1, 0.15) is 0 Å². The third-order valence-electron chi connectivity index (χ3n) is 2.07. The van der Waals surface area contributed by atoms with Crippen LogP contribution in [0, 0.1) is 6.92 Å². The van der Waals surface area contributed by atoms with Crippen molar-refractivity contribution in [1.82, 2.24) is 4.98 Å². The lowest BCUT2D eigenvalue weighted by Gasteiger charge is -2.00. The standard InChI is InChI=1S/C11H12N4/c1-7-2-3-8-4-5-9(15-11(12)13)6-10(8)14-7/h2-6H,1H3,(H4,12,13,15). The molecule has 0 unspecified atom stereocenters. The third-order valence-corrected chi connectivity index (χ3v) is 2.07. The zero-order chi connectivity index (χ0) is 10.8. The summed E-state index contributed by atoms with van der Waals surface area (Å²) < 4.78 is 0. The highest BCUT2D eigenvalue weighted by Crippen LogP contribution is 2.19. The molecule has 15 heavy (non-hydrogen) atoms. The molecule has 0 atom stereocenters. The van der Waals surface area contributed by atoms with Crippen LogP contribution in [-0.2, 0) is 0 Å². The minimum Gasteiger partial charge on any atom is -0.370 e. The Bertz CT molecular complexity index is 527. The van der Waals surface area contributed by atoms with E-state index < -0.39 is 0 Å². The van der Waals surface area contributed by atoms with Crippen molar-refractivity contribution in [2.45, 2.75) is 6.92 Å². The van der Waals surface area contributed by atoms with E-state index in [-0.39, 0.29) is 5.96 Å². The first-order valence-corrected chi connectivity index (χ1v) is 4.62. The van der Waals surface area contributed by atoms with Crippen molar-refractivity contribution in [3.8, 4) is 0 Å². The Morgan fingerprint density at radius 1 is 1.20 bits per heavy atom. The average Bonchev–Trinajstić information content (AvgIpc) is 2.16. The Morgan fingerprint density at radius 3 is 2.67 bits per heavy atom. The molecule has 1 aromatic heterocycles. The Hall–Kier alpha value is -2.10. The van der Waals surface area contributed by atoms with Crippen molar-refractivity contribution in [1.29, 1.82) is 0 Å². The lowest BCUT2D eigenvalue weighted by atomic mass is 10.2. The molecule has 4 heteroatoms. The number of rotatable bonds is 1. The molecular weight excluding hydrogens is 188 g/mol. The molecule has 2 aromatic rings. The van der Waals surface area contributed by atoms with Crippen LogP contribution in [0.4, 0.5) is 5.69 Å². The summed E-state index contributed by atoms with van der Waals surface area (Å²) >= 11 is 0. The van der Waals surface area contributed by atoms with Gasteiger partial charge in [-0.1, -0.05) is 12.1 Å². The monoisotopic (exact) mass is 200 g/mol. The number of nitrogens with zero attached hydrogens (tertiary/aromatic N) is 2. The van der Waals surface area contributed by atoms with Gasteiger partial charge in [-0.05, 0) is 25.1 Å². The molecule has 0 saturated heterocycles. The maximum Gasteiger partial charge on any atom is 0.191 e. The van der Waals surface area contributed by atoms with E-state index in [4.69, 9.17) is 11.5 Å². The summed E-state index contributed by atoms with van der Waals surface area (Å²) in [6.07, 6.45) is 0. The van der Waals surface area contributed by atoms with Gasteiger partial charge >= 0.3 is 0 Å². The molecule has 0 spiro atoms. The Kier molecular flexibility index (Phi) is 2.25. The highest BCUT2D eigenvalue weighted by molar-refractivity contribution is 5.84. The molecule has 0 aliphatic rings. The molecule has 4 N–H and O–H groups in total. The first kappa shape index (κ1) is 9.45. The fourth-order valence-corrected chi connectivity index (χ4v) is 1.43. The predicted molar refractivity (Wildman–Crippen MR) is 61.9 cm³/mol. The normalized spacial score (nSPS) is 10.2. The van der Waals surface area contributed by atoms with Crippen LogP contribution in [0.1, 0.15) is 5.69 Å². The van der Waals surface area contributed by atoms with Crippen molar-refractivity contribution >= 4 is 22.5 Å². The second kappa shape index (κ2) is 3.57. The maximum absolute atomic E-state index is 5.31. The smallest absolute Gasteiger partial charge is 0.191 e. The van der Waals surface area contributed by atoms with E-state index in [1.165, 1.54) is 0 Å². The van der Waals surface area contributed by atoms with Crippen LogP contribution >= 0.6 is 0 Å². The fraction of sp³-hybridized carbons (Fsp3) is 0.0909. The summed E-state index contributed by atoms with van der Waals surface area (Å²) in [5.74, 6) is 0.0574. The van der Waals surface area contributed by atoms with Crippen LogP contribution in [-0.4, -0.2) is 10.9 Å². The molecular formula is C11H12N4. The second-order valence-electron chi connectivity index (χ2n) is 3.37. The number of hydrogen-bond acceptors (Lipinski definition) is 2. The molecule has 0 aliphatic carbocycles. The summed E-state index contributed by atoms with van der Waals surface area (Å²) in [6.45, 7) is 1.95. The molecule has 1 aromatic carbocycles. The molecule has 0 radical (unpaired) electrons. The molecule has 4 nitrogen and oxygen atoms in total. The number of guanidine groups is 1. The van der Waals surface area contributed by atoms with Gasteiger partial charge < -0.3 is 11.5 Å². The Morgan fingerprint density at radius 2 is 1.93 bits per heavy atom. The fourth-order valence-electron chi connectivity index (χ4n) is 1.43. The van der Waals surface area contributed by atoms with Gasteiger partial charge in [0.25, 0.3) is 0 Å². The lowest BCUT2D eigenvalue weighted by Crippen LogP contribution is -2.21. The van der Waals surface area contributed by atoms with E-state index in [0.717, 1.165) is 22.3 Å². The van der Waals surface area contributed by atoms with Gasteiger partial charge in [-0.15, -0.1) is 0 Å². The number of aromatic nitrogens is 1. The van der Waals surface area contributed by atoms with Crippen molar-refractivity contribution in [3.63, 3.8) is 0 Å². The van der Waals surface area contributed by atoms with Crippen LogP contribution in [0.15, 0.2) is 35.3 Å². The Balaban J connectivity index is 2.59. The van der Waals surface area contributed by atoms with Crippen molar-refractivity contribution < 1.29 is 0 Å². The summed E-state index contributed by atoms with van der Waals surface area (Å²) in [5.41, 5.74) is 13.2. The first-order valence-electron chi connectivity index (χ1n) is 4.62. The predicted octanol–water partition coefficient (Wildman–Crippen LogP) is 1.45. The number of fused-ring (bicyclic) bond motifs is 1. The molecule has 76 valence electrons. The topological polar surface area (TPSA) is 77.3 Å². The van der Waals surface area contributed by atoms with Gasteiger partial charge in [0.2, 0.25) is 0 Å². The van der Waals surface area contributed by atoms with Crippen LogP contribution in [0.25, 0.3) is 10.9 Å². The molecule has 0 fully saturated rings. The van der Waals surface area contributed by atoms with E-state index in [0.29, 0.717) is 0 Å². The summed E-state index contributed by atoms with van der Waals surface area (Å²) in [4.78, 5) is 8.36. The van der Waals surface area contributed by atoms with E-state index in [1.54, 1.807) is 0 Å². The molecule has 0 amide bonds. The number of aryl methyl sites for hydroxylation is 1. The lowest BCUT2D eigenvalue weighted by molar-refractivity contribution is 1.25. The zero-order valence-electron chi connectivity index (χ0n) is 8.44. The first-order chi connectivity index (χ1) is 7.15. The highest BCUT2D eigenvalue weighted by Gasteiger charge is 1.97. The number of hydrogen-bond donors (Lipinski definition) is 2. The molecule has 2 rings (SSSR count). The number of aliphatic imine (C=N–C) groups is 1. The third kappa shape index (κ3) is 2.04. The van der Waals surface area contributed by atoms with Crippen LogP contribution in [0.3, 0.4) is 0 Å². The van der Waals surface area contributed by atoms with Crippen LogP contribution in [0.5, 0.6) is 0 Å². The van der Waals surface area contributed by atoms with Crippen molar-refractivity contribution in [2.24, 2.45) is 16.5 Å². The minimum atomic E-state index is 0.0574.